The van der Waals surface area contributed by atoms with Crippen LogP contribution in [0.1, 0.15) is 34.3 Å². The zero-order valence-corrected chi connectivity index (χ0v) is 12.0. The van der Waals surface area contributed by atoms with Gasteiger partial charge in [0.25, 0.3) is 5.91 Å². The Morgan fingerprint density at radius 2 is 2.32 bits per heavy atom. The number of thiophene rings is 1. The van der Waals surface area contributed by atoms with E-state index >= 15 is 0 Å². The third-order valence-electron chi connectivity index (χ3n) is 3.76. The molecular formula is C14H17N3OS. The third kappa shape index (κ3) is 1.89. The molecule has 0 aromatic carbocycles. The number of carbonyl (C=O) groups is 1. The van der Waals surface area contributed by atoms with Crippen LogP contribution in [0, 0.1) is 0 Å². The lowest BCUT2D eigenvalue weighted by Crippen LogP contribution is -2.25. The van der Waals surface area contributed by atoms with Crippen LogP contribution in [0.25, 0.3) is 10.2 Å². The zero-order chi connectivity index (χ0) is 13.6. The lowest BCUT2D eigenvalue weighted by Gasteiger charge is -2.13. The second-order valence-electron chi connectivity index (χ2n) is 4.96. The molecule has 1 aliphatic carbocycles. The summed E-state index contributed by atoms with van der Waals surface area (Å²) in [6.07, 6.45) is 3.29. The number of carbonyl (C=O) groups excluding carboxylic acids is 1. The van der Waals surface area contributed by atoms with E-state index in [0.29, 0.717) is 17.1 Å². The number of anilines is 1. The largest absolute Gasteiger partial charge is 0.397 e. The van der Waals surface area contributed by atoms with Crippen molar-refractivity contribution in [1.82, 2.24) is 9.88 Å². The Kier molecular flexibility index (Phi) is 2.93. The van der Waals surface area contributed by atoms with E-state index in [2.05, 4.69) is 11.1 Å². The number of rotatable bonds is 2. The van der Waals surface area contributed by atoms with Crippen molar-refractivity contribution in [3.63, 3.8) is 0 Å². The highest BCUT2D eigenvalue weighted by Gasteiger charge is 2.22. The van der Waals surface area contributed by atoms with Crippen molar-refractivity contribution >= 4 is 33.1 Å². The van der Waals surface area contributed by atoms with Crippen molar-refractivity contribution in [2.24, 2.45) is 0 Å². The maximum atomic E-state index is 12.2. The standard InChI is InChI=1S/C14H17N3OS/c1-3-17(2)14(18)12-11(15)9-7-8-5-4-6-10(8)16-13(9)19-12/h7H,3-6,15H2,1-2H3. The Labute approximate surface area is 116 Å². The predicted octanol–water partition coefficient (Wildman–Crippen LogP) is 2.46. The molecule has 2 heterocycles. The Hall–Kier alpha value is -1.62. The van der Waals surface area contributed by atoms with Crippen LogP contribution in [-0.2, 0) is 12.8 Å². The number of fused-ring (bicyclic) bond motifs is 2. The molecule has 0 spiro atoms. The summed E-state index contributed by atoms with van der Waals surface area (Å²) < 4.78 is 0. The number of pyridine rings is 1. The van der Waals surface area contributed by atoms with Gasteiger partial charge in [-0.25, -0.2) is 4.98 Å². The highest BCUT2D eigenvalue weighted by atomic mass is 32.1. The van der Waals surface area contributed by atoms with Gasteiger partial charge >= 0.3 is 0 Å². The van der Waals surface area contributed by atoms with Crippen LogP contribution >= 0.6 is 11.3 Å². The molecule has 0 saturated carbocycles. The van der Waals surface area contributed by atoms with Gasteiger partial charge in [-0.2, -0.15) is 0 Å². The fourth-order valence-corrected chi connectivity index (χ4v) is 3.56. The molecule has 0 unspecified atom stereocenters. The van der Waals surface area contributed by atoms with Gasteiger partial charge in [0.15, 0.2) is 0 Å². The highest BCUT2D eigenvalue weighted by molar-refractivity contribution is 7.21. The number of nitrogen functional groups attached to an aromatic ring is 1. The van der Waals surface area contributed by atoms with Gasteiger partial charge in [0.05, 0.1) is 5.69 Å². The van der Waals surface area contributed by atoms with Crippen LogP contribution in [0.5, 0.6) is 0 Å². The first-order chi connectivity index (χ1) is 9.11. The normalized spacial score (nSPS) is 13.8. The van der Waals surface area contributed by atoms with Crippen molar-refractivity contribution in [3.8, 4) is 0 Å². The van der Waals surface area contributed by atoms with Crippen molar-refractivity contribution < 1.29 is 4.79 Å². The van der Waals surface area contributed by atoms with Crippen molar-refractivity contribution in [1.29, 1.82) is 0 Å². The van der Waals surface area contributed by atoms with Crippen LogP contribution in [0.15, 0.2) is 6.07 Å². The van der Waals surface area contributed by atoms with Crippen LogP contribution in [-0.4, -0.2) is 29.4 Å². The lowest BCUT2D eigenvalue weighted by atomic mass is 10.1. The SMILES string of the molecule is CCN(C)C(=O)c1sc2nc3c(cc2c1N)CCC3. The Balaban J connectivity index is 2.13. The molecule has 2 N–H and O–H groups in total. The molecule has 100 valence electrons. The molecule has 2 aromatic heterocycles. The van der Waals surface area contributed by atoms with Crippen LogP contribution in [0.2, 0.25) is 0 Å². The minimum atomic E-state index is -0.0110. The van der Waals surface area contributed by atoms with E-state index in [1.165, 1.54) is 29.0 Å². The second kappa shape index (κ2) is 4.49. The number of hydrogen-bond acceptors (Lipinski definition) is 4. The molecule has 0 saturated heterocycles. The first-order valence-corrected chi connectivity index (χ1v) is 7.39. The predicted molar refractivity (Wildman–Crippen MR) is 78.7 cm³/mol. The number of aromatic nitrogens is 1. The molecule has 1 amide bonds. The molecule has 3 rings (SSSR count). The van der Waals surface area contributed by atoms with E-state index in [9.17, 15) is 4.79 Å². The number of nitrogens with zero attached hydrogens (tertiary/aromatic N) is 2. The summed E-state index contributed by atoms with van der Waals surface area (Å²) in [7, 11) is 1.79. The molecular weight excluding hydrogens is 258 g/mol. The first kappa shape index (κ1) is 12.4. The number of amides is 1. The zero-order valence-electron chi connectivity index (χ0n) is 11.2. The van der Waals surface area contributed by atoms with E-state index in [0.717, 1.165) is 23.1 Å². The highest BCUT2D eigenvalue weighted by Crippen LogP contribution is 2.36. The molecule has 5 heteroatoms. The van der Waals surface area contributed by atoms with Gasteiger partial charge in [0.1, 0.15) is 9.71 Å². The van der Waals surface area contributed by atoms with Crippen molar-refractivity contribution in [2.45, 2.75) is 26.2 Å². The first-order valence-electron chi connectivity index (χ1n) is 6.58. The summed E-state index contributed by atoms with van der Waals surface area (Å²) >= 11 is 1.41. The van der Waals surface area contributed by atoms with E-state index in [-0.39, 0.29) is 5.91 Å². The monoisotopic (exact) mass is 275 g/mol. The molecule has 0 aliphatic heterocycles. The molecule has 0 fully saturated rings. The van der Waals surface area contributed by atoms with Gasteiger partial charge in [-0.3, -0.25) is 4.79 Å². The molecule has 4 nitrogen and oxygen atoms in total. The number of nitrogens with two attached hydrogens (primary N) is 1. The van der Waals surface area contributed by atoms with Crippen LogP contribution < -0.4 is 5.73 Å². The second-order valence-corrected chi connectivity index (χ2v) is 5.96. The van der Waals surface area contributed by atoms with Gasteiger partial charge in [0, 0.05) is 24.7 Å². The van der Waals surface area contributed by atoms with Gasteiger partial charge < -0.3 is 10.6 Å². The van der Waals surface area contributed by atoms with Gasteiger partial charge in [-0.15, -0.1) is 11.3 Å². The molecule has 0 bridgehead atoms. The molecule has 0 atom stereocenters. The summed E-state index contributed by atoms with van der Waals surface area (Å²) in [5.41, 5.74) is 9.21. The maximum absolute atomic E-state index is 12.2. The van der Waals surface area contributed by atoms with Crippen molar-refractivity contribution in [2.75, 3.05) is 19.3 Å². The number of aryl methyl sites for hydroxylation is 2. The van der Waals surface area contributed by atoms with E-state index in [4.69, 9.17) is 5.73 Å². The smallest absolute Gasteiger partial charge is 0.265 e. The van der Waals surface area contributed by atoms with Gasteiger partial charge in [-0.1, -0.05) is 0 Å². The Bertz CT molecular complexity index is 662. The molecule has 0 radical (unpaired) electrons. The molecule has 1 aliphatic rings. The van der Waals surface area contributed by atoms with Crippen LogP contribution in [0.4, 0.5) is 5.69 Å². The van der Waals surface area contributed by atoms with Gasteiger partial charge in [0.2, 0.25) is 0 Å². The minimum absolute atomic E-state index is 0.0110. The van der Waals surface area contributed by atoms with Crippen LogP contribution in [0.3, 0.4) is 0 Å². The summed E-state index contributed by atoms with van der Waals surface area (Å²) in [5.74, 6) is -0.0110. The van der Waals surface area contributed by atoms with Crippen molar-refractivity contribution in [3.05, 3.63) is 22.2 Å². The maximum Gasteiger partial charge on any atom is 0.265 e. The summed E-state index contributed by atoms with van der Waals surface area (Å²) in [4.78, 5) is 20.1. The van der Waals surface area contributed by atoms with E-state index in [1.54, 1.807) is 11.9 Å². The summed E-state index contributed by atoms with van der Waals surface area (Å²) in [6, 6.07) is 2.12. The topological polar surface area (TPSA) is 59.2 Å². The third-order valence-corrected chi connectivity index (χ3v) is 4.87. The fourth-order valence-electron chi connectivity index (χ4n) is 2.47. The van der Waals surface area contributed by atoms with Gasteiger partial charge in [-0.05, 0) is 37.8 Å². The average molecular weight is 275 g/mol. The molecule has 19 heavy (non-hydrogen) atoms. The van der Waals surface area contributed by atoms with E-state index in [1.807, 2.05) is 6.92 Å². The summed E-state index contributed by atoms with van der Waals surface area (Å²) in [5, 5.41) is 0.943. The minimum Gasteiger partial charge on any atom is -0.397 e. The number of hydrogen-bond donors (Lipinski definition) is 1. The quantitative estimate of drug-likeness (QED) is 0.916. The van der Waals surface area contributed by atoms with E-state index < -0.39 is 0 Å². The Morgan fingerprint density at radius 1 is 1.53 bits per heavy atom. The Morgan fingerprint density at radius 3 is 3.05 bits per heavy atom. The summed E-state index contributed by atoms with van der Waals surface area (Å²) in [6.45, 7) is 2.63. The molecule has 2 aromatic rings. The average Bonchev–Trinajstić information content (AvgIpc) is 2.99. The fraction of sp³-hybridized carbons (Fsp3) is 0.429. The lowest BCUT2D eigenvalue weighted by molar-refractivity contribution is 0.0808.